The van der Waals surface area contributed by atoms with Crippen LogP contribution in [0.2, 0.25) is 0 Å². The quantitative estimate of drug-likeness (QED) is 0.489. The molecule has 0 aliphatic carbocycles. The molecule has 1 aromatic carbocycles. The topological polar surface area (TPSA) is 83.7 Å². The fourth-order valence-electron chi connectivity index (χ4n) is 3.07. The van der Waals surface area contributed by atoms with E-state index in [4.69, 9.17) is 5.11 Å². The second-order valence-corrected chi connectivity index (χ2v) is 7.40. The molecule has 6 nitrogen and oxygen atoms in total. The summed E-state index contributed by atoms with van der Waals surface area (Å²) in [5, 5.41) is 20.7. The van der Waals surface area contributed by atoms with Gasteiger partial charge in [0.05, 0.1) is 11.3 Å². The van der Waals surface area contributed by atoms with Gasteiger partial charge in [-0.2, -0.15) is 0 Å². The highest BCUT2D eigenvalue weighted by Crippen LogP contribution is 2.34. The summed E-state index contributed by atoms with van der Waals surface area (Å²) in [7, 11) is 0. The lowest BCUT2D eigenvalue weighted by Gasteiger charge is -2.28. The van der Waals surface area contributed by atoms with Gasteiger partial charge < -0.3 is 10.0 Å². The molecule has 1 aromatic rings. The molecule has 0 aromatic heterocycles. The Morgan fingerprint density at radius 1 is 1.20 bits per heavy atom. The van der Waals surface area contributed by atoms with E-state index in [1.807, 2.05) is 13.0 Å². The van der Waals surface area contributed by atoms with Crippen LogP contribution in [0.4, 0.5) is 11.4 Å². The van der Waals surface area contributed by atoms with Gasteiger partial charge in [-0.05, 0) is 35.8 Å². The van der Waals surface area contributed by atoms with Crippen molar-refractivity contribution in [2.75, 3.05) is 18.0 Å². The van der Waals surface area contributed by atoms with Crippen molar-refractivity contribution in [1.82, 2.24) is 0 Å². The highest BCUT2D eigenvalue weighted by atomic mass is 16.6. The van der Waals surface area contributed by atoms with E-state index in [-0.39, 0.29) is 22.9 Å². The standard InChI is InChI=1S/C19H30N2O4/c1-6-15(10-19(22)23)16-7-8-17(18(9-16)21(24)25)20(11-13(2)3)12-14(4)5/h7-9,13-15H,6,10-12H2,1-5H3,(H,22,23). The Balaban J connectivity index is 3.30. The Labute approximate surface area is 150 Å². The zero-order valence-corrected chi connectivity index (χ0v) is 15.9. The molecule has 0 spiro atoms. The van der Waals surface area contributed by atoms with Crippen molar-refractivity contribution < 1.29 is 14.8 Å². The van der Waals surface area contributed by atoms with Gasteiger partial charge in [-0.3, -0.25) is 14.9 Å². The van der Waals surface area contributed by atoms with Gasteiger partial charge in [-0.1, -0.05) is 40.7 Å². The predicted octanol–water partition coefficient (Wildman–Crippen LogP) is 4.68. The largest absolute Gasteiger partial charge is 0.481 e. The number of carbonyl (C=O) groups is 1. The first-order valence-electron chi connectivity index (χ1n) is 8.90. The van der Waals surface area contributed by atoms with Crippen LogP contribution in [0.5, 0.6) is 0 Å². The maximum absolute atomic E-state index is 11.6. The molecule has 0 saturated carbocycles. The average molecular weight is 350 g/mol. The highest BCUT2D eigenvalue weighted by Gasteiger charge is 2.24. The lowest BCUT2D eigenvalue weighted by molar-refractivity contribution is -0.384. The lowest BCUT2D eigenvalue weighted by Crippen LogP contribution is -2.31. The predicted molar refractivity (Wildman–Crippen MR) is 100 cm³/mol. The molecular weight excluding hydrogens is 320 g/mol. The van der Waals surface area contributed by atoms with E-state index < -0.39 is 5.97 Å². The molecule has 0 heterocycles. The summed E-state index contributed by atoms with van der Waals surface area (Å²) in [4.78, 5) is 24.4. The molecule has 1 atom stereocenters. The normalized spacial score (nSPS) is 12.4. The van der Waals surface area contributed by atoms with Gasteiger partial charge in [0.2, 0.25) is 0 Å². The van der Waals surface area contributed by atoms with Crippen molar-refractivity contribution >= 4 is 17.3 Å². The Morgan fingerprint density at radius 3 is 2.16 bits per heavy atom. The van der Waals surface area contributed by atoms with Crippen LogP contribution in [0, 0.1) is 22.0 Å². The van der Waals surface area contributed by atoms with Crippen molar-refractivity contribution in [3.8, 4) is 0 Å². The summed E-state index contributed by atoms with van der Waals surface area (Å²) in [6.07, 6.45) is 0.610. The van der Waals surface area contributed by atoms with E-state index in [2.05, 4.69) is 32.6 Å². The van der Waals surface area contributed by atoms with Gasteiger partial charge in [-0.15, -0.1) is 0 Å². The summed E-state index contributed by atoms with van der Waals surface area (Å²) >= 11 is 0. The fourth-order valence-corrected chi connectivity index (χ4v) is 3.07. The summed E-state index contributed by atoms with van der Waals surface area (Å²) in [5.74, 6) is -0.337. The first-order valence-corrected chi connectivity index (χ1v) is 8.90. The highest BCUT2D eigenvalue weighted by molar-refractivity contribution is 5.69. The number of nitro groups is 1. The first kappa shape index (κ1) is 20.9. The van der Waals surface area contributed by atoms with Crippen LogP contribution < -0.4 is 4.90 Å². The van der Waals surface area contributed by atoms with E-state index in [0.29, 0.717) is 23.9 Å². The zero-order valence-electron chi connectivity index (χ0n) is 15.9. The van der Waals surface area contributed by atoms with Crippen LogP contribution in [0.25, 0.3) is 0 Å². The third-order valence-electron chi connectivity index (χ3n) is 4.09. The van der Waals surface area contributed by atoms with E-state index in [1.165, 1.54) is 0 Å². The number of rotatable bonds is 10. The number of hydrogen-bond acceptors (Lipinski definition) is 4. The molecule has 1 rings (SSSR count). The molecule has 0 amide bonds. The van der Waals surface area contributed by atoms with Gasteiger partial charge in [0.25, 0.3) is 5.69 Å². The average Bonchev–Trinajstić information content (AvgIpc) is 2.50. The lowest BCUT2D eigenvalue weighted by atomic mass is 9.92. The summed E-state index contributed by atoms with van der Waals surface area (Å²) < 4.78 is 0. The number of benzene rings is 1. The molecule has 0 radical (unpaired) electrons. The van der Waals surface area contributed by atoms with Crippen LogP contribution in [-0.2, 0) is 4.79 Å². The van der Waals surface area contributed by atoms with Crippen LogP contribution in [0.15, 0.2) is 18.2 Å². The molecule has 0 saturated heterocycles. The number of carboxylic acids is 1. The fraction of sp³-hybridized carbons (Fsp3) is 0.632. The molecule has 140 valence electrons. The van der Waals surface area contributed by atoms with E-state index >= 15 is 0 Å². The molecule has 0 aliphatic rings. The van der Waals surface area contributed by atoms with Crippen molar-refractivity contribution in [1.29, 1.82) is 0 Å². The van der Waals surface area contributed by atoms with Crippen molar-refractivity contribution in [2.45, 2.75) is 53.4 Å². The first-order chi connectivity index (χ1) is 11.6. The molecule has 25 heavy (non-hydrogen) atoms. The Kier molecular flexibility index (Phi) is 7.87. The smallest absolute Gasteiger partial charge is 0.303 e. The molecule has 1 unspecified atom stereocenters. The van der Waals surface area contributed by atoms with Crippen molar-refractivity contribution in [3.63, 3.8) is 0 Å². The third-order valence-corrected chi connectivity index (χ3v) is 4.09. The Bertz CT molecular complexity index is 589. The van der Waals surface area contributed by atoms with Gasteiger partial charge in [0.15, 0.2) is 0 Å². The minimum Gasteiger partial charge on any atom is -0.481 e. The molecule has 6 heteroatoms. The number of aliphatic carboxylic acids is 1. The molecule has 1 N–H and O–H groups in total. The van der Waals surface area contributed by atoms with Crippen molar-refractivity contribution in [3.05, 3.63) is 33.9 Å². The van der Waals surface area contributed by atoms with Crippen LogP contribution in [0.1, 0.15) is 58.9 Å². The minimum atomic E-state index is -0.889. The summed E-state index contributed by atoms with van der Waals surface area (Å²) in [6, 6.07) is 5.18. The number of hydrogen-bond donors (Lipinski definition) is 1. The second kappa shape index (κ2) is 9.39. The Morgan fingerprint density at radius 2 is 1.76 bits per heavy atom. The number of nitro benzene ring substituents is 1. The molecule has 0 fully saturated rings. The maximum Gasteiger partial charge on any atom is 0.303 e. The number of carboxylic acid groups (broad SMARTS) is 1. The number of nitrogens with zero attached hydrogens (tertiary/aromatic N) is 2. The van der Waals surface area contributed by atoms with Gasteiger partial charge in [0, 0.05) is 19.2 Å². The van der Waals surface area contributed by atoms with E-state index in [0.717, 1.165) is 18.7 Å². The molecular formula is C19H30N2O4. The summed E-state index contributed by atoms with van der Waals surface area (Å²) in [5.41, 5.74) is 1.39. The zero-order chi connectivity index (χ0) is 19.1. The molecule has 0 bridgehead atoms. The van der Waals surface area contributed by atoms with E-state index in [1.54, 1.807) is 12.1 Å². The van der Waals surface area contributed by atoms with E-state index in [9.17, 15) is 14.9 Å². The minimum absolute atomic E-state index is 0.0191. The second-order valence-electron chi connectivity index (χ2n) is 7.40. The van der Waals surface area contributed by atoms with Gasteiger partial charge >= 0.3 is 5.97 Å². The Hall–Kier alpha value is -2.11. The van der Waals surface area contributed by atoms with Gasteiger partial charge in [0.1, 0.15) is 5.69 Å². The molecule has 0 aliphatic heterocycles. The van der Waals surface area contributed by atoms with Crippen LogP contribution >= 0.6 is 0 Å². The van der Waals surface area contributed by atoms with Crippen molar-refractivity contribution in [2.24, 2.45) is 11.8 Å². The summed E-state index contributed by atoms with van der Waals surface area (Å²) in [6.45, 7) is 11.7. The maximum atomic E-state index is 11.6. The SMILES string of the molecule is CCC(CC(=O)O)c1ccc(N(CC(C)C)CC(C)C)c([N+](=O)[O-])c1. The van der Waals surface area contributed by atoms with Crippen LogP contribution in [-0.4, -0.2) is 29.1 Å². The monoisotopic (exact) mass is 350 g/mol. The van der Waals surface area contributed by atoms with Gasteiger partial charge in [-0.25, -0.2) is 0 Å². The third kappa shape index (κ3) is 6.36. The number of anilines is 1. The van der Waals surface area contributed by atoms with Crippen LogP contribution in [0.3, 0.4) is 0 Å².